The smallest absolute Gasteiger partial charge is 0.224 e. The van der Waals surface area contributed by atoms with Gasteiger partial charge in [-0.05, 0) is 37.6 Å². The molecule has 1 saturated heterocycles. The zero-order chi connectivity index (χ0) is 19.2. The average molecular weight is 366 g/mol. The summed E-state index contributed by atoms with van der Waals surface area (Å²) in [7, 11) is 0. The summed E-state index contributed by atoms with van der Waals surface area (Å²) in [5.74, 6) is -0.137. The number of rotatable bonds is 6. The van der Waals surface area contributed by atoms with Crippen LogP contribution in [0, 0.1) is 13.8 Å². The number of nitrogens with zero attached hydrogens (tertiary/aromatic N) is 1. The van der Waals surface area contributed by atoms with E-state index in [4.69, 9.17) is 4.74 Å². The zero-order valence-corrected chi connectivity index (χ0v) is 16.0. The van der Waals surface area contributed by atoms with Gasteiger partial charge >= 0.3 is 0 Å². The topological polar surface area (TPSA) is 58.6 Å². The Balaban J connectivity index is 1.61. The van der Waals surface area contributed by atoms with Crippen molar-refractivity contribution in [2.75, 3.05) is 36.5 Å². The first-order valence-corrected chi connectivity index (χ1v) is 9.36. The maximum atomic E-state index is 12.5. The number of nitrogens with one attached hydrogen (secondary N) is 1. The summed E-state index contributed by atoms with van der Waals surface area (Å²) in [6.07, 6.45) is 0.375. The van der Waals surface area contributed by atoms with Gasteiger partial charge in [0, 0.05) is 31.5 Å². The fraction of sp³-hybridized carbons (Fsp3) is 0.364. The third-order valence-corrected chi connectivity index (χ3v) is 4.80. The molecule has 0 aliphatic carbocycles. The lowest BCUT2D eigenvalue weighted by Crippen LogP contribution is -2.36. The van der Waals surface area contributed by atoms with Crippen LogP contribution in [0.1, 0.15) is 34.3 Å². The Morgan fingerprint density at radius 1 is 1.04 bits per heavy atom. The standard InChI is InChI=1S/C22H26N2O3/c1-16-7-8-17(2)18(15-16)21(25)9-10-22(26)23-19-5-3-4-6-20(19)24-11-13-27-14-12-24/h3-8,15H,9-14H2,1-2H3,(H,23,26). The summed E-state index contributed by atoms with van der Waals surface area (Å²) >= 11 is 0. The number of hydrogen-bond donors (Lipinski definition) is 1. The minimum absolute atomic E-state index is 0.00724. The van der Waals surface area contributed by atoms with Crippen LogP contribution >= 0.6 is 0 Å². The van der Waals surface area contributed by atoms with Crippen LogP contribution in [0.4, 0.5) is 11.4 Å². The molecule has 0 aromatic heterocycles. The molecular weight excluding hydrogens is 340 g/mol. The molecule has 0 unspecified atom stereocenters. The average Bonchev–Trinajstić information content (AvgIpc) is 2.69. The number of para-hydroxylation sites is 2. The largest absolute Gasteiger partial charge is 0.378 e. The lowest BCUT2D eigenvalue weighted by molar-refractivity contribution is -0.116. The number of carbonyl (C=O) groups excluding carboxylic acids is 2. The van der Waals surface area contributed by atoms with Gasteiger partial charge in [0.1, 0.15) is 0 Å². The third kappa shape index (κ3) is 4.95. The number of hydrogen-bond acceptors (Lipinski definition) is 4. The Labute approximate surface area is 160 Å². The minimum atomic E-state index is -0.144. The maximum absolute atomic E-state index is 12.5. The van der Waals surface area contributed by atoms with Crippen molar-refractivity contribution in [3.63, 3.8) is 0 Å². The van der Waals surface area contributed by atoms with Gasteiger partial charge in [-0.15, -0.1) is 0 Å². The van der Waals surface area contributed by atoms with Gasteiger partial charge in [-0.1, -0.05) is 29.8 Å². The van der Waals surface area contributed by atoms with E-state index < -0.39 is 0 Å². The molecule has 2 aromatic rings. The monoisotopic (exact) mass is 366 g/mol. The van der Waals surface area contributed by atoms with E-state index in [1.165, 1.54) is 0 Å². The second-order valence-corrected chi connectivity index (χ2v) is 6.91. The van der Waals surface area contributed by atoms with Crippen LogP contribution in [0.2, 0.25) is 0 Å². The Morgan fingerprint density at radius 2 is 1.78 bits per heavy atom. The molecule has 1 heterocycles. The number of Topliss-reactive ketones (excluding diaryl/α,β-unsaturated/α-hetero) is 1. The van der Waals surface area contributed by atoms with E-state index in [9.17, 15) is 9.59 Å². The van der Waals surface area contributed by atoms with Gasteiger partial charge in [-0.25, -0.2) is 0 Å². The lowest BCUT2D eigenvalue weighted by atomic mass is 9.99. The number of morpholine rings is 1. The first-order valence-electron chi connectivity index (χ1n) is 9.36. The third-order valence-electron chi connectivity index (χ3n) is 4.80. The fourth-order valence-corrected chi connectivity index (χ4v) is 3.27. The quantitative estimate of drug-likeness (QED) is 0.791. The fourth-order valence-electron chi connectivity index (χ4n) is 3.27. The van der Waals surface area contributed by atoms with E-state index in [2.05, 4.69) is 10.2 Å². The predicted molar refractivity (Wildman–Crippen MR) is 108 cm³/mol. The van der Waals surface area contributed by atoms with Crippen LogP contribution < -0.4 is 10.2 Å². The summed E-state index contributed by atoms with van der Waals surface area (Å²) in [6, 6.07) is 13.6. The van der Waals surface area contributed by atoms with E-state index in [0.29, 0.717) is 18.8 Å². The molecule has 2 aromatic carbocycles. The summed E-state index contributed by atoms with van der Waals surface area (Å²) < 4.78 is 5.40. The van der Waals surface area contributed by atoms with Gasteiger partial charge < -0.3 is 15.0 Å². The molecule has 27 heavy (non-hydrogen) atoms. The normalized spacial score (nSPS) is 14.1. The van der Waals surface area contributed by atoms with Crippen molar-refractivity contribution in [1.29, 1.82) is 0 Å². The number of ketones is 1. The Morgan fingerprint density at radius 3 is 2.56 bits per heavy atom. The number of anilines is 2. The Bertz CT molecular complexity index is 826. The van der Waals surface area contributed by atoms with Crippen LogP contribution in [-0.4, -0.2) is 38.0 Å². The van der Waals surface area contributed by atoms with E-state index >= 15 is 0 Å². The maximum Gasteiger partial charge on any atom is 0.224 e. The lowest BCUT2D eigenvalue weighted by Gasteiger charge is -2.30. The SMILES string of the molecule is Cc1ccc(C)c(C(=O)CCC(=O)Nc2ccccc2N2CCOCC2)c1. The molecule has 3 rings (SSSR count). The Hall–Kier alpha value is -2.66. The van der Waals surface area contributed by atoms with E-state index in [1.54, 1.807) is 0 Å². The highest BCUT2D eigenvalue weighted by atomic mass is 16.5. The van der Waals surface area contributed by atoms with Crippen molar-refractivity contribution < 1.29 is 14.3 Å². The molecule has 0 bridgehead atoms. The number of benzene rings is 2. The molecule has 5 nitrogen and oxygen atoms in total. The molecular formula is C22H26N2O3. The van der Waals surface area contributed by atoms with Crippen LogP contribution in [0.15, 0.2) is 42.5 Å². The van der Waals surface area contributed by atoms with Crippen molar-refractivity contribution in [3.8, 4) is 0 Å². The molecule has 0 radical (unpaired) electrons. The molecule has 0 spiro atoms. The highest BCUT2D eigenvalue weighted by molar-refractivity contribution is 6.01. The van der Waals surface area contributed by atoms with E-state index in [0.717, 1.165) is 35.6 Å². The van der Waals surface area contributed by atoms with Crippen molar-refractivity contribution in [2.45, 2.75) is 26.7 Å². The van der Waals surface area contributed by atoms with Crippen LogP contribution in [0.25, 0.3) is 0 Å². The van der Waals surface area contributed by atoms with Crippen LogP contribution in [0.5, 0.6) is 0 Å². The molecule has 0 saturated carbocycles. The molecule has 0 atom stereocenters. The van der Waals surface area contributed by atoms with Gasteiger partial charge in [0.15, 0.2) is 5.78 Å². The van der Waals surface area contributed by atoms with Gasteiger partial charge in [0.2, 0.25) is 5.91 Å². The van der Waals surface area contributed by atoms with E-state index in [1.807, 2.05) is 56.3 Å². The molecule has 5 heteroatoms. The number of amides is 1. The summed E-state index contributed by atoms with van der Waals surface area (Å²) in [6.45, 7) is 6.87. The first-order chi connectivity index (χ1) is 13.0. The molecule has 1 aliphatic heterocycles. The van der Waals surface area contributed by atoms with Crippen molar-refractivity contribution in [3.05, 3.63) is 59.2 Å². The number of carbonyl (C=O) groups is 2. The van der Waals surface area contributed by atoms with Crippen LogP contribution in [0.3, 0.4) is 0 Å². The molecule has 142 valence electrons. The number of ether oxygens (including phenoxy) is 1. The van der Waals surface area contributed by atoms with Crippen LogP contribution in [-0.2, 0) is 9.53 Å². The molecule has 1 N–H and O–H groups in total. The Kier molecular flexibility index (Phi) is 6.24. The summed E-state index contributed by atoms with van der Waals surface area (Å²) in [5.41, 5.74) is 4.48. The zero-order valence-electron chi connectivity index (χ0n) is 16.0. The minimum Gasteiger partial charge on any atom is -0.378 e. The van der Waals surface area contributed by atoms with Crippen molar-refractivity contribution in [2.24, 2.45) is 0 Å². The number of aryl methyl sites for hydroxylation is 2. The molecule has 1 fully saturated rings. The first kappa shape index (κ1) is 19.1. The second-order valence-electron chi connectivity index (χ2n) is 6.91. The molecule has 1 aliphatic rings. The second kappa shape index (κ2) is 8.82. The highest BCUT2D eigenvalue weighted by Gasteiger charge is 2.17. The van der Waals surface area contributed by atoms with Crippen molar-refractivity contribution >= 4 is 23.1 Å². The highest BCUT2D eigenvalue weighted by Crippen LogP contribution is 2.26. The van der Waals surface area contributed by atoms with E-state index in [-0.39, 0.29) is 24.5 Å². The summed E-state index contributed by atoms with van der Waals surface area (Å²) in [4.78, 5) is 27.1. The van der Waals surface area contributed by atoms with Crippen molar-refractivity contribution in [1.82, 2.24) is 0 Å². The predicted octanol–water partition coefficient (Wildman–Crippen LogP) is 3.74. The summed E-state index contributed by atoms with van der Waals surface area (Å²) in [5, 5.41) is 2.97. The van der Waals surface area contributed by atoms with Gasteiger partial charge in [-0.3, -0.25) is 9.59 Å². The van der Waals surface area contributed by atoms with Gasteiger partial charge in [0.05, 0.1) is 24.6 Å². The van der Waals surface area contributed by atoms with Gasteiger partial charge in [-0.2, -0.15) is 0 Å². The van der Waals surface area contributed by atoms with Gasteiger partial charge in [0.25, 0.3) is 0 Å². The molecule has 1 amide bonds.